The Morgan fingerprint density at radius 3 is 2.08 bits per heavy atom. The highest BCUT2D eigenvalue weighted by Crippen LogP contribution is 2.37. The van der Waals surface area contributed by atoms with Crippen LogP contribution in [0.3, 0.4) is 0 Å². The van der Waals surface area contributed by atoms with Crippen LogP contribution in [0, 0.1) is 11.3 Å². The molecule has 2 heterocycles. The summed E-state index contributed by atoms with van der Waals surface area (Å²) in [5, 5.41) is 8.78. The number of piperidine rings is 1. The summed E-state index contributed by atoms with van der Waals surface area (Å²) in [6.45, 7) is 0. The van der Waals surface area contributed by atoms with Crippen molar-refractivity contribution in [3.05, 3.63) is 29.8 Å². The number of rotatable bonds is 4. The molecule has 0 radical (unpaired) electrons. The summed E-state index contributed by atoms with van der Waals surface area (Å²) < 4.78 is 53.0. The fourth-order valence-corrected chi connectivity index (χ4v) is 6.50. The summed E-state index contributed by atoms with van der Waals surface area (Å²) in [6.07, 6.45) is 3.72. The van der Waals surface area contributed by atoms with Crippen LogP contribution >= 0.6 is 0 Å². The van der Waals surface area contributed by atoms with E-state index in [1.165, 1.54) is 30.5 Å². The molecule has 24 heavy (non-hydrogen) atoms. The fourth-order valence-electron chi connectivity index (χ4n) is 3.77. The summed E-state index contributed by atoms with van der Waals surface area (Å²) in [4.78, 5) is 0.111. The van der Waals surface area contributed by atoms with Crippen LogP contribution in [0.5, 0.6) is 0 Å². The molecule has 0 spiro atoms. The third-order valence-corrected chi connectivity index (χ3v) is 7.56. The second-order valence-electron chi connectivity index (χ2n) is 6.40. The molecule has 130 valence electrons. The van der Waals surface area contributed by atoms with E-state index in [0.29, 0.717) is 18.4 Å². The highest BCUT2D eigenvalue weighted by atomic mass is 32.2. The van der Waals surface area contributed by atoms with Gasteiger partial charge < -0.3 is 0 Å². The van der Waals surface area contributed by atoms with Crippen LogP contribution in [-0.4, -0.2) is 45.5 Å². The molecular weight excluding hydrogens is 350 g/mol. The van der Waals surface area contributed by atoms with E-state index in [0.717, 1.165) is 12.8 Å². The largest absolute Gasteiger partial charge is 0.240 e. The van der Waals surface area contributed by atoms with E-state index in [9.17, 15) is 16.8 Å². The molecule has 0 aliphatic carbocycles. The summed E-state index contributed by atoms with van der Waals surface area (Å²) in [5.74, 6) is 0. The molecule has 0 saturated carbocycles. The van der Waals surface area contributed by atoms with Crippen molar-refractivity contribution in [3.63, 3.8) is 0 Å². The van der Waals surface area contributed by atoms with Gasteiger partial charge in [-0.3, -0.25) is 0 Å². The Balaban J connectivity index is 1.74. The second-order valence-corrected chi connectivity index (χ2v) is 10.0. The molecule has 1 aromatic carbocycles. The minimum atomic E-state index is -3.68. The van der Waals surface area contributed by atoms with Crippen molar-refractivity contribution >= 4 is 20.0 Å². The molecule has 2 aliphatic heterocycles. The van der Waals surface area contributed by atoms with Gasteiger partial charge in [0.1, 0.15) is 0 Å². The second kappa shape index (κ2) is 6.11. The predicted octanol–water partition coefficient (Wildman–Crippen LogP) is 0.792. The van der Waals surface area contributed by atoms with E-state index in [2.05, 4.69) is 4.72 Å². The third kappa shape index (κ3) is 3.32. The summed E-state index contributed by atoms with van der Waals surface area (Å²) in [5.41, 5.74) is 0.397. The summed E-state index contributed by atoms with van der Waals surface area (Å²) in [7, 11) is -6.95. The highest BCUT2D eigenvalue weighted by Gasteiger charge is 2.45. The van der Waals surface area contributed by atoms with E-state index >= 15 is 0 Å². The molecule has 9 heteroatoms. The van der Waals surface area contributed by atoms with Crippen LogP contribution < -0.4 is 4.72 Å². The molecule has 0 amide bonds. The average Bonchev–Trinajstić information content (AvgIpc) is 2.79. The zero-order valence-electron chi connectivity index (χ0n) is 13.2. The SMILES string of the molecule is CS(=O)(=O)N1C2CCC1CC(NS(=O)(=O)c1ccc(C#N)cc1)C2. The number of hydrogen-bond donors (Lipinski definition) is 1. The van der Waals surface area contributed by atoms with E-state index in [1.54, 1.807) is 4.31 Å². The van der Waals surface area contributed by atoms with Crippen molar-refractivity contribution in [3.8, 4) is 6.07 Å². The van der Waals surface area contributed by atoms with Gasteiger partial charge in [0.05, 0.1) is 22.8 Å². The Morgan fingerprint density at radius 2 is 1.62 bits per heavy atom. The predicted molar refractivity (Wildman–Crippen MR) is 88.0 cm³/mol. The number of hydrogen-bond acceptors (Lipinski definition) is 5. The molecule has 2 bridgehead atoms. The third-order valence-electron chi connectivity index (χ3n) is 4.66. The lowest BCUT2D eigenvalue weighted by molar-refractivity contribution is 0.221. The summed E-state index contributed by atoms with van der Waals surface area (Å²) >= 11 is 0. The van der Waals surface area contributed by atoms with Gasteiger partial charge in [-0.1, -0.05) is 0 Å². The van der Waals surface area contributed by atoms with Gasteiger partial charge in [0.15, 0.2) is 0 Å². The molecule has 2 aliphatic rings. The summed E-state index contributed by atoms with van der Waals surface area (Å²) in [6, 6.07) is 7.14. The van der Waals surface area contributed by atoms with Crippen LogP contribution in [0.2, 0.25) is 0 Å². The zero-order chi connectivity index (χ0) is 17.5. The van der Waals surface area contributed by atoms with Crippen LogP contribution in [-0.2, 0) is 20.0 Å². The number of sulfonamides is 2. The van der Waals surface area contributed by atoms with Crippen molar-refractivity contribution in [2.45, 2.75) is 48.7 Å². The molecule has 1 aromatic rings. The number of nitrogens with zero attached hydrogens (tertiary/aromatic N) is 2. The quantitative estimate of drug-likeness (QED) is 0.844. The van der Waals surface area contributed by atoms with Crippen LogP contribution in [0.4, 0.5) is 0 Å². The zero-order valence-corrected chi connectivity index (χ0v) is 14.8. The van der Waals surface area contributed by atoms with Gasteiger partial charge >= 0.3 is 0 Å². The minimum Gasteiger partial charge on any atom is -0.212 e. The van der Waals surface area contributed by atoms with Gasteiger partial charge in [-0.05, 0) is 49.9 Å². The first kappa shape index (κ1) is 17.4. The fraction of sp³-hybridized carbons (Fsp3) is 0.533. The Hall–Kier alpha value is -1.47. The van der Waals surface area contributed by atoms with E-state index in [1.807, 2.05) is 6.07 Å². The van der Waals surface area contributed by atoms with Gasteiger partial charge in [-0.2, -0.15) is 9.57 Å². The van der Waals surface area contributed by atoms with Crippen molar-refractivity contribution in [1.29, 1.82) is 5.26 Å². The number of nitriles is 1. The lowest BCUT2D eigenvalue weighted by atomic mass is 10.0. The Bertz CT molecular complexity index is 858. The molecule has 2 unspecified atom stereocenters. The minimum absolute atomic E-state index is 0.111. The first-order valence-electron chi connectivity index (χ1n) is 7.72. The van der Waals surface area contributed by atoms with Crippen LogP contribution in [0.25, 0.3) is 0 Å². The van der Waals surface area contributed by atoms with Gasteiger partial charge in [0, 0.05) is 18.1 Å². The van der Waals surface area contributed by atoms with Crippen molar-refractivity contribution < 1.29 is 16.8 Å². The Kier molecular flexibility index (Phi) is 4.42. The maximum Gasteiger partial charge on any atom is 0.240 e. The first-order valence-corrected chi connectivity index (χ1v) is 11.0. The van der Waals surface area contributed by atoms with Crippen molar-refractivity contribution in [2.24, 2.45) is 0 Å². The van der Waals surface area contributed by atoms with Gasteiger partial charge in [0.25, 0.3) is 0 Å². The van der Waals surface area contributed by atoms with Gasteiger partial charge in [0.2, 0.25) is 20.0 Å². The van der Waals surface area contributed by atoms with Crippen LogP contribution in [0.1, 0.15) is 31.2 Å². The highest BCUT2D eigenvalue weighted by molar-refractivity contribution is 7.89. The molecule has 2 fully saturated rings. The standard InChI is InChI=1S/C15H19N3O4S2/c1-23(19,20)18-13-4-5-14(18)9-12(8-13)17-24(21,22)15-6-2-11(10-16)3-7-15/h2-3,6-7,12-14,17H,4-5,8-9H2,1H3. The lowest BCUT2D eigenvalue weighted by Gasteiger charge is -2.37. The van der Waals surface area contributed by atoms with E-state index in [4.69, 9.17) is 5.26 Å². The maximum atomic E-state index is 12.5. The first-order chi connectivity index (χ1) is 11.2. The Labute approximate surface area is 142 Å². The molecule has 1 N–H and O–H groups in total. The van der Waals surface area contributed by atoms with Crippen LogP contribution in [0.15, 0.2) is 29.2 Å². The molecule has 7 nitrogen and oxygen atoms in total. The monoisotopic (exact) mass is 369 g/mol. The molecule has 2 saturated heterocycles. The average molecular weight is 369 g/mol. The molecule has 2 atom stereocenters. The number of fused-ring (bicyclic) bond motifs is 2. The molecule has 3 rings (SSSR count). The molecule has 0 aromatic heterocycles. The Morgan fingerprint density at radius 1 is 1.08 bits per heavy atom. The van der Waals surface area contributed by atoms with Crippen molar-refractivity contribution in [2.75, 3.05) is 6.26 Å². The van der Waals surface area contributed by atoms with Gasteiger partial charge in [-0.25, -0.2) is 21.6 Å². The topological polar surface area (TPSA) is 107 Å². The van der Waals surface area contributed by atoms with Gasteiger partial charge in [-0.15, -0.1) is 0 Å². The van der Waals surface area contributed by atoms with Crippen molar-refractivity contribution in [1.82, 2.24) is 9.03 Å². The normalized spacial score (nSPS) is 27.8. The lowest BCUT2D eigenvalue weighted by Crippen LogP contribution is -2.51. The maximum absolute atomic E-state index is 12.5. The van der Waals surface area contributed by atoms with E-state index < -0.39 is 20.0 Å². The number of benzene rings is 1. The molecular formula is C15H19N3O4S2. The smallest absolute Gasteiger partial charge is 0.212 e. The number of nitrogens with one attached hydrogen (secondary N) is 1. The van der Waals surface area contributed by atoms with E-state index in [-0.39, 0.29) is 23.0 Å².